The van der Waals surface area contributed by atoms with Crippen LogP contribution in [0.3, 0.4) is 0 Å². The van der Waals surface area contributed by atoms with E-state index < -0.39 is 0 Å². The number of ether oxygens (including phenoxy) is 2. The largest absolute Gasteiger partial charge is 0.493 e. The Morgan fingerprint density at radius 2 is 1.70 bits per heavy atom. The maximum Gasteiger partial charge on any atom is 0.228 e. The quantitative estimate of drug-likeness (QED) is 0.575. The third-order valence-corrected chi connectivity index (χ3v) is 4.91. The topological polar surface area (TPSA) is 55.8 Å². The highest BCUT2D eigenvalue weighted by molar-refractivity contribution is 6.26. The minimum absolute atomic E-state index is 0.177. The van der Waals surface area contributed by atoms with Crippen molar-refractivity contribution >= 4 is 23.5 Å². The molecule has 0 saturated carbocycles. The fraction of sp³-hybridized carbons (Fsp3) is 0.120. The van der Waals surface area contributed by atoms with Crippen LogP contribution in [-0.4, -0.2) is 18.8 Å². The van der Waals surface area contributed by atoms with E-state index in [1.54, 1.807) is 43.5 Å². The Morgan fingerprint density at radius 3 is 2.43 bits per heavy atom. The summed E-state index contributed by atoms with van der Waals surface area (Å²) < 4.78 is 11.4. The minimum Gasteiger partial charge on any atom is -0.493 e. The Kier molecular flexibility index (Phi) is 5.35. The molecule has 3 aromatic rings. The molecule has 30 heavy (non-hydrogen) atoms. The third-order valence-electron chi connectivity index (χ3n) is 4.91. The molecule has 0 unspecified atom stereocenters. The van der Waals surface area contributed by atoms with Gasteiger partial charge in [-0.2, -0.15) is 0 Å². The summed E-state index contributed by atoms with van der Waals surface area (Å²) in [6, 6.07) is 22.4. The van der Waals surface area contributed by atoms with Gasteiger partial charge in [-0.1, -0.05) is 48.5 Å². The molecule has 0 atom stereocenters. The van der Waals surface area contributed by atoms with E-state index >= 15 is 0 Å². The number of amides is 1. The standard InChI is InChI=1S/C25H21NO4/c1-17(27)26-21-11-7-6-10-20(21)25(28)22(26)14-19-12-13-23(24(15-19)29-2)30-16-18-8-4-3-5-9-18/h3-15H,16H2,1-2H3/b22-14-. The number of nitrogens with zero attached hydrogens (tertiary/aromatic N) is 1. The van der Waals surface area contributed by atoms with Gasteiger partial charge < -0.3 is 9.47 Å². The first-order valence-corrected chi connectivity index (χ1v) is 9.59. The van der Waals surface area contributed by atoms with Gasteiger partial charge in [0.2, 0.25) is 11.7 Å². The van der Waals surface area contributed by atoms with Gasteiger partial charge >= 0.3 is 0 Å². The Morgan fingerprint density at radius 1 is 0.967 bits per heavy atom. The zero-order valence-electron chi connectivity index (χ0n) is 16.8. The lowest BCUT2D eigenvalue weighted by molar-refractivity contribution is -0.116. The second-order valence-electron chi connectivity index (χ2n) is 6.91. The number of fused-ring (bicyclic) bond motifs is 1. The highest BCUT2D eigenvalue weighted by atomic mass is 16.5. The molecule has 0 spiro atoms. The molecule has 0 aliphatic carbocycles. The number of hydrogen-bond donors (Lipinski definition) is 0. The van der Waals surface area contributed by atoms with Gasteiger partial charge in [0.05, 0.1) is 18.5 Å². The molecule has 1 aliphatic rings. The maximum atomic E-state index is 12.9. The molecule has 0 aromatic heterocycles. The molecule has 1 amide bonds. The second kappa shape index (κ2) is 8.25. The normalized spacial score (nSPS) is 14.0. The van der Waals surface area contributed by atoms with Gasteiger partial charge in [0.1, 0.15) is 6.61 Å². The predicted molar refractivity (Wildman–Crippen MR) is 116 cm³/mol. The van der Waals surface area contributed by atoms with Crippen LogP contribution < -0.4 is 14.4 Å². The second-order valence-corrected chi connectivity index (χ2v) is 6.91. The van der Waals surface area contributed by atoms with E-state index in [2.05, 4.69) is 0 Å². The van der Waals surface area contributed by atoms with Crippen molar-refractivity contribution in [3.05, 3.63) is 95.2 Å². The molecule has 0 radical (unpaired) electrons. The Balaban J connectivity index is 1.63. The number of carbonyl (C=O) groups is 2. The van der Waals surface area contributed by atoms with Gasteiger partial charge in [-0.25, -0.2) is 0 Å². The van der Waals surface area contributed by atoms with Crippen LogP contribution in [0, 0.1) is 0 Å². The number of methoxy groups -OCH3 is 1. The van der Waals surface area contributed by atoms with Crippen molar-refractivity contribution in [3.8, 4) is 11.5 Å². The van der Waals surface area contributed by atoms with Gasteiger partial charge in [-0.05, 0) is 41.5 Å². The van der Waals surface area contributed by atoms with Gasteiger partial charge in [0, 0.05) is 12.5 Å². The van der Waals surface area contributed by atoms with E-state index in [9.17, 15) is 9.59 Å². The number of Topliss-reactive ketones (excluding diaryl/α,β-unsaturated/α-hetero) is 1. The molecule has 1 heterocycles. The number of rotatable bonds is 5. The lowest BCUT2D eigenvalue weighted by Crippen LogP contribution is -2.25. The first-order valence-electron chi connectivity index (χ1n) is 9.59. The summed E-state index contributed by atoms with van der Waals surface area (Å²) in [5.74, 6) is 0.768. The Bertz CT molecular complexity index is 1130. The van der Waals surface area contributed by atoms with E-state index in [0.717, 1.165) is 11.1 Å². The van der Waals surface area contributed by atoms with Crippen molar-refractivity contribution in [2.45, 2.75) is 13.5 Å². The lowest BCUT2D eigenvalue weighted by atomic mass is 10.1. The van der Waals surface area contributed by atoms with Crippen LogP contribution in [0.25, 0.3) is 6.08 Å². The summed E-state index contributed by atoms with van der Waals surface area (Å²) in [5, 5.41) is 0. The van der Waals surface area contributed by atoms with Crippen LogP contribution in [0.2, 0.25) is 0 Å². The van der Waals surface area contributed by atoms with E-state index in [0.29, 0.717) is 35.1 Å². The van der Waals surface area contributed by atoms with Crippen molar-refractivity contribution in [1.82, 2.24) is 0 Å². The van der Waals surface area contributed by atoms with Crippen molar-refractivity contribution in [2.24, 2.45) is 0 Å². The number of carbonyl (C=O) groups excluding carboxylic acids is 2. The summed E-state index contributed by atoms with van der Waals surface area (Å²) in [4.78, 5) is 26.6. The lowest BCUT2D eigenvalue weighted by Gasteiger charge is -2.16. The zero-order valence-corrected chi connectivity index (χ0v) is 16.8. The van der Waals surface area contributed by atoms with Crippen LogP contribution >= 0.6 is 0 Å². The Hall–Kier alpha value is -3.86. The molecule has 0 bridgehead atoms. The van der Waals surface area contributed by atoms with E-state index in [-0.39, 0.29) is 11.7 Å². The molecule has 4 rings (SSSR count). The average Bonchev–Trinajstić information content (AvgIpc) is 3.05. The molecule has 0 fully saturated rings. The molecule has 3 aromatic carbocycles. The summed E-state index contributed by atoms with van der Waals surface area (Å²) in [6.45, 7) is 1.87. The van der Waals surface area contributed by atoms with Gasteiger partial charge in [0.15, 0.2) is 11.5 Å². The molecule has 5 heteroatoms. The highest BCUT2D eigenvalue weighted by Gasteiger charge is 2.34. The number of benzene rings is 3. The average molecular weight is 399 g/mol. The minimum atomic E-state index is -0.214. The summed E-state index contributed by atoms with van der Waals surface area (Å²) in [5.41, 5.74) is 3.24. The fourth-order valence-corrected chi connectivity index (χ4v) is 3.49. The number of anilines is 1. The van der Waals surface area contributed by atoms with Crippen molar-refractivity contribution in [3.63, 3.8) is 0 Å². The molecule has 5 nitrogen and oxygen atoms in total. The fourth-order valence-electron chi connectivity index (χ4n) is 3.49. The van der Waals surface area contributed by atoms with Gasteiger partial charge in [-0.3, -0.25) is 14.5 Å². The SMILES string of the molecule is COc1cc(/C=C2/C(=O)c3ccccc3N2C(C)=O)ccc1OCc1ccccc1. The first kappa shape index (κ1) is 19.5. The molecular formula is C25H21NO4. The number of para-hydroxylation sites is 1. The van der Waals surface area contributed by atoms with Crippen LogP contribution in [-0.2, 0) is 11.4 Å². The van der Waals surface area contributed by atoms with Crippen LogP contribution in [0.1, 0.15) is 28.4 Å². The zero-order chi connectivity index (χ0) is 21.1. The molecule has 150 valence electrons. The number of ketones is 1. The van der Waals surface area contributed by atoms with E-state index in [4.69, 9.17) is 9.47 Å². The van der Waals surface area contributed by atoms with Crippen LogP contribution in [0.15, 0.2) is 78.5 Å². The van der Waals surface area contributed by atoms with Crippen LogP contribution in [0.4, 0.5) is 5.69 Å². The number of hydrogen-bond acceptors (Lipinski definition) is 4. The van der Waals surface area contributed by atoms with Gasteiger partial charge in [-0.15, -0.1) is 0 Å². The third kappa shape index (κ3) is 3.70. The molecular weight excluding hydrogens is 378 g/mol. The molecule has 0 saturated heterocycles. The summed E-state index contributed by atoms with van der Waals surface area (Å²) >= 11 is 0. The smallest absolute Gasteiger partial charge is 0.228 e. The number of allylic oxidation sites excluding steroid dienone is 1. The molecule has 1 aliphatic heterocycles. The van der Waals surface area contributed by atoms with E-state index in [1.807, 2.05) is 42.5 Å². The van der Waals surface area contributed by atoms with Crippen LogP contribution in [0.5, 0.6) is 11.5 Å². The predicted octanol–water partition coefficient (Wildman–Crippen LogP) is 4.86. The van der Waals surface area contributed by atoms with E-state index in [1.165, 1.54) is 11.8 Å². The monoisotopic (exact) mass is 399 g/mol. The van der Waals surface area contributed by atoms with Gasteiger partial charge in [0.25, 0.3) is 0 Å². The van der Waals surface area contributed by atoms with Crippen molar-refractivity contribution in [1.29, 1.82) is 0 Å². The summed E-state index contributed by atoms with van der Waals surface area (Å²) in [6.07, 6.45) is 1.70. The molecule has 0 N–H and O–H groups in total. The maximum absolute atomic E-state index is 12.9. The van der Waals surface area contributed by atoms with Crippen molar-refractivity contribution in [2.75, 3.05) is 12.0 Å². The first-order chi connectivity index (χ1) is 14.6. The summed E-state index contributed by atoms with van der Waals surface area (Å²) in [7, 11) is 1.57. The highest BCUT2D eigenvalue weighted by Crippen LogP contribution is 2.36. The van der Waals surface area contributed by atoms with Crippen molar-refractivity contribution < 1.29 is 19.1 Å². The Labute approximate surface area is 175 Å².